The third-order valence-corrected chi connectivity index (χ3v) is 6.54. The number of benzene rings is 2. The van der Waals surface area contributed by atoms with Crippen LogP contribution in [0.4, 0.5) is 8.78 Å². The molecule has 2 atom stereocenters. The first-order valence-electron chi connectivity index (χ1n) is 12.2. The first-order chi connectivity index (χ1) is 17.4. The minimum atomic E-state index is -0.835. The van der Waals surface area contributed by atoms with E-state index < -0.39 is 29.1 Å². The summed E-state index contributed by atoms with van der Waals surface area (Å²) >= 11 is 0. The molecule has 196 valence electrons. The van der Waals surface area contributed by atoms with Gasteiger partial charge in [0.15, 0.2) is 0 Å². The van der Waals surface area contributed by atoms with Crippen molar-refractivity contribution in [2.24, 2.45) is 5.92 Å². The van der Waals surface area contributed by atoms with Gasteiger partial charge in [-0.1, -0.05) is 0 Å². The summed E-state index contributed by atoms with van der Waals surface area (Å²) < 4.78 is 41.0. The van der Waals surface area contributed by atoms with Crippen molar-refractivity contribution in [3.05, 3.63) is 76.6 Å². The molecule has 1 saturated carbocycles. The zero-order valence-corrected chi connectivity index (χ0v) is 21.3. The highest BCUT2D eigenvalue weighted by Crippen LogP contribution is 2.46. The Labute approximate surface area is 214 Å². The number of halogens is 2. The van der Waals surface area contributed by atoms with Crippen LogP contribution in [0.1, 0.15) is 55.0 Å². The first kappa shape index (κ1) is 26.5. The van der Waals surface area contributed by atoms with Crippen LogP contribution in [0.5, 0.6) is 11.5 Å². The van der Waals surface area contributed by atoms with E-state index in [9.17, 15) is 18.7 Å². The number of hydrogen-bond donors (Lipinski definition) is 2. The summed E-state index contributed by atoms with van der Waals surface area (Å²) in [7, 11) is 0. The van der Waals surface area contributed by atoms with Gasteiger partial charge in [0.25, 0.3) is 0 Å². The molecule has 3 aromatic rings. The topological polar surface area (TPSA) is 88.9 Å². The van der Waals surface area contributed by atoms with Crippen molar-refractivity contribution in [3.8, 4) is 22.6 Å². The van der Waals surface area contributed by atoms with Gasteiger partial charge in [0.1, 0.15) is 29.7 Å². The fraction of sp³-hybridized carbons (Fsp3) is 0.379. The third-order valence-electron chi connectivity index (χ3n) is 6.54. The van der Waals surface area contributed by atoms with Gasteiger partial charge in [-0.05, 0) is 81.1 Å². The SMILES string of the molecule is Cc1cc(OCCC(C)(C)O)cc(C)c1-c1cc(COc2ccc([C@@H]3C[C@H]3C(=O)O)nc2)c(F)cc1F. The molecular formula is C29H31F2NO5. The van der Waals surface area contributed by atoms with Gasteiger partial charge < -0.3 is 19.7 Å². The van der Waals surface area contributed by atoms with Gasteiger partial charge in [-0.25, -0.2) is 8.78 Å². The molecule has 0 radical (unpaired) electrons. The Hall–Kier alpha value is -3.52. The van der Waals surface area contributed by atoms with Crippen molar-refractivity contribution in [1.29, 1.82) is 0 Å². The number of aryl methyl sites for hydroxylation is 2. The number of ether oxygens (including phenoxy) is 2. The Morgan fingerprint density at radius 1 is 1.05 bits per heavy atom. The summed E-state index contributed by atoms with van der Waals surface area (Å²) in [6.45, 7) is 7.32. The van der Waals surface area contributed by atoms with Crippen LogP contribution in [0, 0.1) is 31.4 Å². The number of carboxylic acids is 1. The molecule has 0 bridgehead atoms. The molecule has 4 rings (SSSR count). The second-order valence-corrected chi connectivity index (χ2v) is 10.3. The van der Waals surface area contributed by atoms with Gasteiger partial charge in [-0.2, -0.15) is 0 Å². The van der Waals surface area contributed by atoms with Crippen molar-refractivity contribution >= 4 is 5.97 Å². The zero-order chi connectivity index (χ0) is 26.9. The fourth-order valence-corrected chi connectivity index (χ4v) is 4.40. The minimum absolute atomic E-state index is 0.0894. The van der Waals surface area contributed by atoms with Crippen LogP contribution in [0.15, 0.2) is 42.6 Å². The van der Waals surface area contributed by atoms with Gasteiger partial charge in [0.2, 0.25) is 0 Å². The summed E-state index contributed by atoms with van der Waals surface area (Å²) in [4.78, 5) is 15.3. The van der Waals surface area contributed by atoms with E-state index in [4.69, 9.17) is 14.6 Å². The quantitative estimate of drug-likeness (QED) is 0.350. The number of carbonyl (C=O) groups is 1. The summed E-state index contributed by atoms with van der Waals surface area (Å²) in [5.41, 5.74) is 2.51. The number of aliphatic carboxylic acids is 1. The van der Waals surface area contributed by atoms with Crippen LogP contribution in [-0.4, -0.2) is 33.4 Å². The number of hydrogen-bond acceptors (Lipinski definition) is 5. The van der Waals surface area contributed by atoms with Gasteiger partial charge in [-0.3, -0.25) is 9.78 Å². The Balaban J connectivity index is 1.49. The molecule has 2 aromatic carbocycles. The van der Waals surface area contributed by atoms with E-state index in [-0.39, 0.29) is 23.7 Å². The van der Waals surface area contributed by atoms with Gasteiger partial charge in [0.05, 0.1) is 24.3 Å². The molecule has 1 aliphatic rings. The Bertz CT molecular complexity index is 1280. The molecule has 0 aliphatic heterocycles. The maximum absolute atomic E-state index is 14.9. The average Bonchev–Trinajstić information content (AvgIpc) is 3.60. The number of carboxylic acid groups (broad SMARTS) is 1. The monoisotopic (exact) mass is 511 g/mol. The largest absolute Gasteiger partial charge is 0.493 e. The maximum Gasteiger partial charge on any atom is 0.307 e. The molecule has 0 saturated heterocycles. The highest BCUT2D eigenvalue weighted by atomic mass is 19.1. The number of aliphatic hydroxyl groups is 1. The molecule has 2 N–H and O–H groups in total. The van der Waals surface area contributed by atoms with E-state index in [0.717, 1.165) is 17.2 Å². The van der Waals surface area contributed by atoms with Crippen molar-refractivity contribution in [2.45, 2.75) is 58.7 Å². The van der Waals surface area contributed by atoms with E-state index >= 15 is 0 Å². The lowest BCUT2D eigenvalue weighted by atomic mass is 9.93. The Morgan fingerprint density at radius 3 is 2.32 bits per heavy atom. The van der Waals surface area contributed by atoms with Crippen LogP contribution in [-0.2, 0) is 11.4 Å². The van der Waals surface area contributed by atoms with Crippen molar-refractivity contribution < 1.29 is 33.3 Å². The molecule has 0 amide bonds. The van der Waals surface area contributed by atoms with E-state index in [2.05, 4.69) is 4.98 Å². The average molecular weight is 512 g/mol. The number of aromatic nitrogens is 1. The van der Waals surface area contributed by atoms with Crippen molar-refractivity contribution in [1.82, 2.24) is 4.98 Å². The molecule has 1 fully saturated rings. The molecular weight excluding hydrogens is 480 g/mol. The summed E-state index contributed by atoms with van der Waals surface area (Å²) in [5.74, 6) is -1.68. The predicted molar refractivity (Wildman–Crippen MR) is 135 cm³/mol. The van der Waals surface area contributed by atoms with Crippen molar-refractivity contribution in [3.63, 3.8) is 0 Å². The molecule has 0 spiro atoms. The second-order valence-electron chi connectivity index (χ2n) is 10.3. The molecule has 1 aliphatic carbocycles. The number of nitrogens with zero attached hydrogens (tertiary/aromatic N) is 1. The number of rotatable bonds is 10. The van der Waals surface area contributed by atoms with E-state index in [1.165, 1.54) is 12.3 Å². The van der Waals surface area contributed by atoms with Crippen LogP contribution in [0.25, 0.3) is 11.1 Å². The lowest BCUT2D eigenvalue weighted by Crippen LogP contribution is -2.21. The normalized spacial score (nSPS) is 16.9. The summed E-state index contributed by atoms with van der Waals surface area (Å²) in [6.07, 6.45) is 2.52. The fourth-order valence-electron chi connectivity index (χ4n) is 4.40. The smallest absolute Gasteiger partial charge is 0.307 e. The Morgan fingerprint density at radius 2 is 1.76 bits per heavy atom. The first-order valence-corrected chi connectivity index (χ1v) is 12.2. The number of pyridine rings is 1. The minimum Gasteiger partial charge on any atom is -0.493 e. The molecule has 0 unspecified atom stereocenters. The van der Waals surface area contributed by atoms with Crippen LogP contribution < -0.4 is 9.47 Å². The van der Waals surface area contributed by atoms with Crippen LogP contribution >= 0.6 is 0 Å². The lowest BCUT2D eigenvalue weighted by molar-refractivity contribution is -0.138. The van der Waals surface area contributed by atoms with Crippen molar-refractivity contribution in [2.75, 3.05) is 6.61 Å². The standard InChI is InChI=1S/C29H31F2NO5/c1-16-9-20(36-8-7-29(3,4)35)10-17(2)27(16)23-11-18(24(30)13-25(23)31)15-37-19-5-6-26(32-14-19)21-12-22(21)28(33)34/h5-6,9-11,13-14,21-22,35H,7-8,12,15H2,1-4H3,(H,33,34)/t21-,22-/m1/s1. The van der Waals surface area contributed by atoms with E-state index in [1.54, 1.807) is 38.1 Å². The molecule has 1 heterocycles. The van der Waals surface area contributed by atoms with Gasteiger partial charge in [-0.15, -0.1) is 0 Å². The molecule has 37 heavy (non-hydrogen) atoms. The van der Waals surface area contributed by atoms with E-state index in [1.807, 2.05) is 13.8 Å². The zero-order valence-electron chi connectivity index (χ0n) is 21.3. The second kappa shape index (κ2) is 10.5. The third kappa shape index (κ3) is 6.43. The highest BCUT2D eigenvalue weighted by Gasteiger charge is 2.45. The molecule has 8 heteroatoms. The highest BCUT2D eigenvalue weighted by molar-refractivity contribution is 5.75. The van der Waals surface area contributed by atoms with Gasteiger partial charge >= 0.3 is 5.97 Å². The Kier molecular flexibility index (Phi) is 7.50. The summed E-state index contributed by atoms with van der Waals surface area (Å²) in [6, 6.07) is 9.31. The molecule has 1 aromatic heterocycles. The van der Waals surface area contributed by atoms with Crippen LogP contribution in [0.3, 0.4) is 0 Å². The van der Waals surface area contributed by atoms with Gasteiger partial charge in [0, 0.05) is 35.2 Å². The van der Waals surface area contributed by atoms with Crippen LogP contribution in [0.2, 0.25) is 0 Å². The predicted octanol–water partition coefficient (Wildman–Crippen LogP) is 5.95. The molecule has 6 nitrogen and oxygen atoms in total. The maximum atomic E-state index is 14.9. The lowest BCUT2D eigenvalue weighted by Gasteiger charge is -2.19. The summed E-state index contributed by atoms with van der Waals surface area (Å²) in [5, 5.41) is 19.0. The van der Waals surface area contributed by atoms with E-state index in [0.29, 0.717) is 42.2 Å².